The zero-order valence-corrected chi connectivity index (χ0v) is 15.4. The van der Waals surface area contributed by atoms with E-state index in [1.54, 1.807) is 0 Å². The van der Waals surface area contributed by atoms with Gasteiger partial charge in [0.25, 0.3) is 0 Å². The van der Waals surface area contributed by atoms with Gasteiger partial charge in [-0.3, -0.25) is 4.79 Å². The highest BCUT2D eigenvalue weighted by Crippen LogP contribution is 2.39. The Morgan fingerprint density at radius 2 is 1.40 bits per heavy atom. The molecule has 0 N–H and O–H groups in total. The molecule has 0 aliphatic carbocycles. The van der Waals surface area contributed by atoms with Crippen molar-refractivity contribution < 1.29 is 9.59 Å². The van der Waals surface area contributed by atoms with E-state index in [1.165, 1.54) is 25.9 Å². The van der Waals surface area contributed by atoms with E-state index in [-0.39, 0.29) is 11.6 Å². The Bertz CT molecular complexity index is 504. The van der Waals surface area contributed by atoms with Gasteiger partial charge in [-0.25, -0.2) is 4.79 Å². The summed E-state index contributed by atoms with van der Waals surface area (Å²) in [6.45, 7) is 7.72. The zero-order chi connectivity index (χ0) is 17.3. The minimum absolute atomic E-state index is 0.0264. The van der Waals surface area contributed by atoms with Crippen molar-refractivity contribution in [1.82, 2.24) is 19.6 Å². The topological polar surface area (TPSA) is 47.1 Å². The Morgan fingerprint density at radius 1 is 0.800 bits per heavy atom. The molecule has 6 heteroatoms. The molecule has 0 radical (unpaired) electrons. The summed E-state index contributed by atoms with van der Waals surface area (Å²) in [6, 6.07) is 0.222. The van der Waals surface area contributed by atoms with E-state index >= 15 is 0 Å². The van der Waals surface area contributed by atoms with Crippen LogP contribution < -0.4 is 0 Å². The molecule has 4 aliphatic heterocycles. The summed E-state index contributed by atoms with van der Waals surface area (Å²) in [6.07, 6.45) is 8.47. The third-order valence-electron chi connectivity index (χ3n) is 6.86. The van der Waals surface area contributed by atoms with Crippen LogP contribution in [0.3, 0.4) is 0 Å². The number of carbonyl (C=O) groups is 2. The van der Waals surface area contributed by atoms with E-state index in [4.69, 9.17) is 0 Å². The summed E-state index contributed by atoms with van der Waals surface area (Å²) in [7, 11) is 0. The average Bonchev–Trinajstić information content (AvgIpc) is 3.37. The largest absolute Gasteiger partial charge is 0.336 e. The van der Waals surface area contributed by atoms with Gasteiger partial charge in [-0.2, -0.15) is 0 Å². The first kappa shape index (κ1) is 17.1. The molecule has 6 nitrogen and oxygen atoms in total. The average molecular weight is 348 g/mol. The maximum absolute atomic E-state index is 12.6. The molecule has 4 saturated heterocycles. The van der Waals surface area contributed by atoms with Crippen molar-refractivity contribution in [2.45, 2.75) is 56.9 Å². The van der Waals surface area contributed by atoms with Crippen molar-refractivity contribution in [1.29, 1.82) is 0 Å². The van der Waals surface area contributed by atoms with Crippen LogP contribution >= 0.6 is 0 Å². The first-order valence-electron chi connectivity index (χ1n) is 10.2. The molecule has 4 fully saturated rings. The highest BCUT2D eigenvalue weighted by atomic mass is 16.2. The van der Waals surface area contributed by atoms with Gasteiger partial charge in [-0.05, 0) is 58.0 Å². The summed E-state index contributed by atoms with van der Waals surface area (Å²) in [5.74, 6) is 0.332. The third kappa shape index (κ3) is 3.37. The van der Waals surface area contributed by atoms with Crippen molar-refractivity contribution in [3.63, 3.8) is 0 Å². The monoisotopic (exact) mass is 348 g/mol. The summed E-state index contributed by atoms with van der Waals surface area (Å²) in [5, 5.41) is 0. The minimum atomic E-state index is 0.0264. The first-order valence-corrected chi connectivity index (χ1v) is 10.2. The Morgan fingerprint density at radius 3 is 2.08 bits per heavy atom. The summed E-state index contributed by atoms with van der Waals surface area (Å²) in [5.41, 5.74) is 0.0264. The van der Waals surface area contributed by atoms with Gasteiger partial charge in [-0.15, -0.1) is 0 Å². The van der Waals surface area contributed by atoms with Gasteiger partial charge in [0.15, 0.2) is 0 Å². The van der Waals surface area contributed by atoms with Crippen molar-refractivity contribution in [2.24, 2.45) is 0 Å². The summed E-state index contributed by atoms with van der Waals surface area (Å²) >= 11 is 0. The quantitative estimate of drug-likeness (QED) is 0.781. The van der Waals surface area contributed by atoms with Crippen LogP contribution in [-0.4, -0.2) is 89.4 Å². The molecule has 0 aromatic heterocycles. The van der Waals surface area contributed by atoms with E-state index in [1.807, 2.05) is 9.80 Å². The maximum atomic E-state index is 12.6. The highest BCUT2D eigenvalue weighted by Gasteiger charge is 2.47. The van der Waals surface area contributed by atoms with Crippen LogP contribution in [0.2, 0.25) is 0 Å². The Balaban J connectivity index is 1.34. The number of urea groups is 1. The van der Waals surface area contributed by atoms with Crippen molar-refractivity contribution in [2.75, 3.05) is 52.4 Å². The fourth-order valence-electron chi connectivity index (χ4n) is 5.23. The van der Waals surface area contributed by atoms with Gasteiger partial charge >= 0.3 is 6.03 Å². The van der Waals surface area contributed by atoms with E-state index < -0.39 is 0 Å². The van der Waals surface area contributed by atoms with Crippen molar-refractivity contribution >= 4 is 11.9 Å². The zero-order valence-electron chi connectivity index (χ0n) is 15.4. The van der Waals surface area contributed by atoms with Crippen LogP contribution in [0.4, 0.5) is 4.79 Å². The first-order chi connectivity index (χ1) is 12.2. The highest BCUT2D eigenvalue weighted by molar-refractivity contribution is 5.80. The standard InChI is InChI=1S/C19H32N4O2/c24-17-5-6-19(23(17)16-15-20-9-1-2-10-20)7-13-22(14-8-19)18(25)21-11-3-4-12-21/h1-16H2. The fraction of sp³-hybridized carbons (Fsp3) is 0.895. The predicted octanol–water partition coefficient (Wildman–Crippen LogP) is 1.76. The lowest BCUT2D eigenvalue weighted by Crippen LogP contribution is -2.56. The van der Waals surface area contributed by atoms with Gasteiger partial charge in [0.1, 0.15) is 0 Å². The molecule has 0 atom stereocenters. The maximum Gasteiger partial charge on any atom is 0.320 e. The number of amides is 3. The molecule has 4 rings (SSSR count). The van der Waals surface area contributed by atoms with Crippen LogP contribution in [0.5, 0.6) is 0 Å². The Labute approximate surface area is 151 Å². The number of rotatable bonds is 3. The Kier molecular flexibility index (Phi) is 4.89. The SMILES string of the molecule is O=C(N1CCCC1)N1CCC2(CCC(=O)N2CCN2CCCC2)CC1. The Hall–Kier alpha value is -1.30. The van der Waals surface area contributed by atoms with E-state index in [0.29, 0.717) is 12.3 Å². The number of nitrogens with zero attached hydrogens (tertiary/aromatic N) is 4. The molecule has 140 valence electrons. The van der Waals surface area contributed by atoms with Gasteiger partial charge in [0.2, 0.25) is 5.91 Å². The van der Waals surface area contributed by atoms with Gasteiger partial charge < -0.3 is 19.6 Å². The van der Waals surface area contributed by atoms with Crippen LogP contribution in [-0.2, 0) is 4.79 Å². The van der Waals surface area contributed by atoms with Crippen molar-refractivity contribution in [3.8, 4) is 0 Å². The number of carbonyl (C=O) groups excluding carboxylic acids is 2. The second kappa shape index (κ2) is 7.14. The normalized spacial score (nSPS) is 27.0. The molecule has 0 bridgehead atoms. The van der Waals surface area contributed by atoms with Crippen LogP contribution in [0.1, 0.15) is 51.4 Å². The summed E-state index contributed by atoms with van der Waals surface area (Å²) < 4.78 is 0. The van der Waals surface area contributed by atoms with Crippen LogP contribution in [0.15, 0.2) is 0 Å². The lowest BCUT2D eigenvalue weighted by Gasteiger charge is -2.46. The molecule has 0 aromatic carbocycles. The van der Waals surface area contributed by atoms with Gasteiger partial charge in [-0.1, -0.05) is 0 Å². The number of hydrogen-bond donors (Lipinski definition) is 0. The van der Waals surface area contributed by atoms with Gasteiger partial charge in [0, 0.05) is 51.2 Å². The smallest absolute Gasteiger partial charge is 0.320 e. The van der Waals surface area contributed by atoms with E-state index in [0.717, 1.165) is 71.4 Å². The van der Waals surface area contributed by atoms with Crippen LogP contribution in [0, 0.1) is 0 Å². The van der Waals surface area contributed by atoms with Crippen LogP contribution in [0.25, 0.3) is 0 Å². The molecule has 25 heavy (non-hydrogen) atoms. The molecule has 1 spiro atoms. The second-order valence-electron chi connectivity index (χ2n) is 8.28. The molecular formula is C19H32N4O2. The lowest BCUT2D eigenvalue weighted by atomic mass is 9.85. The molecule has 0 saturated carbocycles. The minimum Gasteiger partial charge on any atom is -0.336 e. The molecule has 4 heterocycles. The fourth-order valence-corrected chi connectivity index (χ4v) is 5.23. The van der Waals surface area contributed by atoms with Crippen molar-refractivity contribution in [3.05, 3.63) is 0 Å². The molecular weight excluding hydrogens is 316 g/mol. The predicted molar refractivity (Wildman–Crippen MR) is 96.4 cm³/mol. The summed E-state index contributed by atoms with van der Waals surface area (Å²) in [4.78, 5) is 33.8. The third-order valence-corrected chi connectivity index (χ3v) is 6.86. The van der Waals surface area contributed by atoms with E-state index in [2.05, 4.69) is 9.80 Å². The second-order valence-corrected chi connectivity index (χ2v) is 8.28. The number of piperidine rings is 1. The molecule has 4 aliphatic rings. The number of hydrogen-bond acceptors (Lipinski definition) is 3. The van der Waals surface area contributed by atoms with E-state index in [9.17, 15) is 9.59 Å². The molecule has 0 unspecified atom stereocenters. The lowest BCUT2D eigenvalue weighted by molar-refractivity contribution is -0.132. The molecule has 0 aromatic rings. The van der Waals surface area contributed by atoms with Gasteiger partial charge in [0.05, 0.1) is 0 Å². The molecule has 3 amide bonds. The number of likely N-dealkylation sites (tertiary alicyclic amines) is 4.